The maximum absolute atomic E-state index is 10.5. The lowest BCUT2D eigenvalue weighted by atomic mass is 9.94. The molecule has 0 aliphatic heterocycles. The molecule has 1 aliphatic rings. The number of methoxy groups -OCH3 is 1. The van der Waals surface area contributed by atoms with Crippen molar-refractivity contribution in [1.29, 1.82) is 0 Å². The lowest BCUT2D eigenvalue weighted by Crippen LogP contribution is -2.33. The van der Waals surface area contributed by atoms with Gasteiger partial charge in [0.15, 0.2) is 17.1 Å². The number of hydrogen-bond donors (Lipinski definition) is 2. The normalized spacial score (nSPS) is 16.8. The minimum absolute atomic E-state index is 0.0300. The molecule has 0 saturated heterocycles. The van der Waals surface area contributed by atoms with Crippen LogP contribution >= 0.6 is 0 Å². The summed E-state index contributed by atoms with van der Waals surface area (Å²) >= 11 is 0. The molecular formula is C16H21NO3. The average Bonchev–Trinajstić information content (AvgIpc) is 3.29. The summed E-state index contributed by atoms with van der Waals surface area (Å²) in [4.78, 5) is 0. The van der Waals surface area contributed by atoms with E-state index >= 15 is 0 Å². The van der Waals surface area contributed by atoms with Gasteiger partial charge in [-0.15, -0.1) is 5.92 Å². The van der Waals surface area contributed by atoms with Crippen LogP contribution in [0.3, 0.4) is 0 Å². The molecule has 3 N–H and O–H groups in total. The standard InChI is InChI=1S/C16H21NO3/c1-3-8-16(18,11-17)13-6-7-14(19-2)15(9-13)20-10-12-4-5-12/h6-7,9,12,18H,4-5,10-11,17H2,1-2H3. The van der Waals surface area contributed by atoms with Gasteiger partial charge in [0, 0.05) is 12.1 Å². The fourth-order valence-electron chi connectivity index (χ4n) is 1.99. The minimum Gasteiger partial charge on any atom is -0.493 e. The number of aliphatic hydroxyl groups is 1. The van der Waals surface area contributed by atoms with E-state index in [0.717, 1.165) is 0 Å². The Balaban J connectivity index is 2.28. The summed E-state index contributed by atoms with van der Waals surface area (Å²) in [6, 6.07) is 5.30. The Bertz CT molecular complexity index is 528. The number of rotatable bonds is 6. The van der Waals surface area contributed by atoms with Gasteiger partial charge in [0.2, 0.25) is 0 Å². The van der Waals surface area contributed by atoms with Gasteiger partial charge in [-0.05, 0) is 37.8 Å². The Morgan fingerprint density at radius 3 is 2.70 bits per heavy atom. The molecule has 108 valence electrons. The molecule has 0 aromatic heterocycles. The first-order valence-electron chi connectivity index (χ1n) is 6.80. The van der Waals surface area contributed by atoms with E-state index in [1.807, 2.05) is 0 Å². The Morgan fingerprint density at radius 1 is 1.40 bits per heavy atom. The molecule has 0 spiro atoms. The molecular weight excluding hydrogens is 254 g/mol. The molecule has 1 aliphatic carbocycles. The molecule has 4 nitrogen and oxygen atoms in total. The molecule has 1 fully saturated rings. The zero-order chi connectivity index (χ0) is 14.6. The van der Waals surface area contributed by atoms with E-state index < -0.39 is 5.60 Å². The molecule has 0 bridgehead atoms. The van der Waals surface area contributed by atoms with E-state index in [4.69, 9.17) is 15.2 Å². The zero-order valence-corrected chi connectivity index (χ0v) is 12.0. The molecule has 1 saturated carbocycles. The Morgan fingerprint density at radius 2 is 2.15 bits per heavy atom. The first-order valence-corrected chi connectivity index (χ1v) is 6.80. The van der Waals surface area contributed by atoms with Gasteiger partial charge in [-0.2, -0.15) is 0 Å². The summed E-state index contributed by atoms with van der Waals surface area (Å²) in [6.45, 7) is 2.39. The third kappa shape index (κ3) is 3.24. The molecule has 2 rings (SSSR count). The van der Waals surface area contributed by atoms with Crippen LogP contribution < -0.4 is 15.2 Å². The van der Waals surface area contributed by atoms with Gasteiger partial charge < -0.3 is 20.3 Å². The molecule has 20 heavy (non-hydrogen) atoms. The predicted octanol–water partition coefficient (Wildman–Crippen LogP) is 1.65. The maximum atomic E-state index is 10.5. The molecule has 1 unspecified atom stereocenters. The van der Waals surface area contributed by atoms with E-state index in [1.54, 1.807) is 32.2 Å². The highest BCUT2D eigenvalue weighted by atomic mass is 16.5. The van der Waals surface area contributed by atoms with Crippen LogP contribution in [-0.4, -0.2) is 25.4 Å². The zero-order valence-electron chi connectivity index (χ0n) is 12.0. The van der Waals surface area contributed by atoms with Crippen molar-refractivity contribution in [3.8, 4) is 23.3 Å². The predicted molar refractivity (Wildman–Crippen MR) is 77.6 cm³/mol. The second-order valence-electron chi connectivity index (χ2n) is 5.06. The van der Waals surface area contributed by atoms with E-state index in [0.29, 0.717) is 29.6 Å². The molecule has 1 aromatic carbocycles. The van der Waals surface area contributed by atoms with Crippen molar-refractivity contribution in [2.24, 2.45) is 11.7 Å². The van der Waals surface area contributed by atoms with Crippen LogP contribution in [0.1, 0.15) is 25.3 Å². The van der Waals surface area contributed by atoms with Gasteiger partial charge >= 0.3 is 0 Å². The first kappa shape index (κ1) is 14.7. The van der Waals surface area contributed by atoms with Gasteiger partial charge in [0.25, 0.3) is 0 Å². The largest absolute Gasteiger partial charge is 0.493 e. The second kappa shape index (κ2) is 6.17. The molecule has 0 radical (unpaired) electrons. The number of ether oxygens (including phenoxy) is 2. The Hall–Kier alpha value is -1.70. The summed E-state index contributed by atoms with van der Waals surface area (Å²) in [7, 11) is 1.60. The monoisotopic (exact) mass is 275 g/mol. The van der Waals surface area contributed by atoms with Crippen molar-refractivity contribution in [3.05, 3.63) is 23.8 Å². The number of benzene rings is 1. The van der Waals surface area contributed by atoms with Crippen molar-refractivity contribution in [2.45, 2.75) is 25.4 Å². The molecule has 0 amide bonds. The van der Waals surface area contributed by atoms with Crippen LogP contribution in [0, 0.1) is 17.8 Å². The van der Waals surface area contributed by atoms with Gasteiger partial charge in [0.1, 0.15) is 0 Å². The van der Waals surface area contributed by atoms with Crippen molar-refractivity contribution in [2.75, 3.05) is 20.3 Å². The summed E-state index contributed by atoms with van der Waals surface area (Å²) in [6.07, 6.45) is 2.44. The van der Waals surface area contributed by atoms with Crippen LogP contribution in [0.2, 0.25) is 0 Å². The summed E-state index contributed by atoms with van der Waals surface area (Å²) < 4.78 is 11.1. The second-order valence-corrected chi connectivity index (χ2v) is 5.06. The maximum Gasteiger partial charge on any atom is 0.163 e. The average molecular weight is 275 g/mol. The van der Waals surface area contributed by atoms with Crippen LogP contribution in [0.25, 0.3) is 0 Å². The highest BCUT2D eigenvalue weighted by Gasteiger charge is 2.27. The van der Waals surface area contributed by atoms with Crippen LogP contribution in [-0.2, 0) is 5.60 Å². The SMILES string of the molecule is CC#CC(O)(CN)c1ccc(OC)c(OCC2CC2)c1. The molecule has 4 heteroatoms. The quantitative estimate of drug-likeness (QED) is 0.775. The Labute approximate surface area is 119 Å². The summed E-state index contributed by atoms with van der Waals surface area (Å²) in [5.41, 5.74) is 4.93. The third-order valence-corrected chi connectivity index (χ3v) is 3.44. The lowest BCUT2D eigenvalue weighted by molar-refractivity contribution is 0.109. The minimum atomic E-state index is -1.35. The van der Waals surface area contributed by atoms with E-state index in [1.165, 1.54) is 12.8 Å². The third-order valence-electron chi connectivity index (χ3n) is 3.44. The van der Waals surface area contributed by atoms with Gasteiger partial charge in [-0.3, -0.25) is 0 Å². The van der Waals surface area contributed by atoms with Crippen molar-refractivity contribution < 1.29 is 14.6 Å². The van der Waals surface area contributed by atoms with Crippen molar-refractivity contribution >= 4 is 0 Å². The smallest absolute Gasteiger partial charge is 0.163 e. The highest BCUT2D eigenvalue weighted by Crippen LogP contribution is 2.35. The van der Waals surface area contributed by atoms with Crippen LogP contribution in [0.4, 0.5) is 0 Å². The van der Waals surface area contributed by atoms with Crippen LogP contribution in [0.5, 0.6) is 11.5 Å². The van der Waals surface area contributed by atoms with E-state index in [9.17, 15) is 5.11 Å². The van der Waals surface area contributed by atoms with E-state index in [2.05, 4.69) is 11.8 Å². The van der Waals surface area contributed by atoms with E-state index in [-0.39, 0.29) is 6.54 Å². The van der Waals surface area contributed by atoms with Gasteiger partial charge in [-0.25, -0.2) is 0 Å². The molecule has 0 heterocycles. The Kier molecular flexibility index (Phi) is 4.53. The lowest BCUT2D eigenvalue weighted by Gasteiger charge is -2.22. The van der Waals surface area contributed by atoms with Crippen LogP contribution in [0.15, 0.2) is 18.2 Å². The first-order chi connectivity index (χ1) is 9.62. The van der Waals surface area contributed by atoms with Crippen molar-refractivity contribution in [3.63, 3.8) is 0 Å². The highest BCUT2D eigenvalue weighted by molar-refractivity contribution is 5.46. The topological polar surface area (TPSA) is 64.7 Å². The summed E-state index contributed by atoms with van der Waals surface area (Å²) in [5.74, 6) is 7.39. The summed E-state index contributed by atoms with van der Waals surface area (Å²) in [5, 5.41) is 10.5. The number of hydrogen-bond acceptors (Lipinski definition) is 4. The fraction of sp³-hybridized carbons (Fsp3) is 0.500. The fourth-order valence-corrected chi connectivity index (χ4v) is 1.99. The van der Waals surface area contributed by atoms with Crippen molar-refractivity contribution in [1.82, 2.24) is 0 Å². The number of nitrogens with two attached hydrogens (primary N) is 1. The molecule has 1 atom stereocenters. The van der Waals surface area contributed by atoms with Gasteiger partial charge in [0.05, 0.1) is 13.7 Å². The van der Waals surface area contributed by atoms with Gasteiger partial charge in [-0.1, -0.05) is 12.0 Å². The molecule has 1 aromatic rings.